The molecule has 0 saturated heterocycles. The Kier molecular flexibility index (Phi) is 2.57. The first-order chi connectivity index (χ1) is 7.59. The molecule has 0 aromatic heterocycles. The molecule has 2 heteroatoms. The van der Waals surface area contributed by atoms with Gasteiger partial charge in [-0.3, -0.25) is 0 Å². The first kappa shape index (κ1) is 10.6. The molecule has 0 spiro atoms. The van der Waals surface area contributed by atoms with Crippen molar-refractivity contribution in [3.63, 3.8) is 0 Å². The fourth-order valence-electron chi connectivity index (χ4n) is 1.87. The smallest absolute Gasteiger partial charge is 0.0414 e. The van der Waals surface area contributed by atoms with Crippen LogP contribution in [0.4, 0.5) is 11.4 Å². The van der Waals surface area contributed by atoms with Crippen LogP contribution in [0.1, 0.15) is 11.1 Å². The number of hydrogen-bond donors (Lipinski definition) is 2. The largest absolute Gasteiger partial charge is 0.399 e. The summed E-state index contributed by atoms with van der Waals surface area (Å²) in [4.78, 5) is 0. The zero-order valence-corrected chi connectivity index (χ0v) is 9.62. The maximum Gasteiger partial charge on any atom is 0.0414 e. The zero-order valence-electron chi connectivity index (χ0n) is 9.62. The summed E-state index contributed by atoms with van der Waals surface area (Å²) >= 11 is 0. The minimum Gasteiger partial charge on any atom is -0.399 e. The van der Waals surface area contributed by atoms with Gasteiger partial charge in [-0.05, 0) is 42.7 Å². The molecule has 2 rings (SSSR count). The predicted molar refractivity (Wildman–Crippen MR) is 70.2 cm³/mol. The molecule has 0 saturated carbocycles. The van der Waals surface area contributed by atoms with E-state index >= 15 is 0 Å². The molecule has 0 unspecified atom stereocenters. The summed E-state index contributed by atoms with van der Waals surface area (Å²) in [7, 11) is 0. The Labute approximate surface area is 95.9 Å². The monoisotopic (exact) mass is 212 g/mol. The van der Waals surface area contributed by atoms with E-state index in [4.69, 9.17) is 11.5 Å². The average molecular weight is 212 g/mol. The van der Waals surface area contributed by atoms with Gasteiger partial charge in [0.25, 0.3) is 0 Å². The predicted octanol–water partition coefficient (Wildman–Crippen LogP) is 3.13. The van der Waals surface area contributed by atoms with Crippen molar-refractivity contribution in [1.82, 2.24) is 0 Å². The topological polar surface area (TPSA) is 52.0 Å². The molecule has 0 amide bonds. The van der Waals surface area contributed by atoms with Gasteiger partial charge in [0.2, 0.25) is 0 Å². The molecule has 0 aliphatic rings. The van der Waals surface area contributed by atoms with Crippen LogP contribution >= 0.6 is 0 Å². The van der Waals surface area contributed by atoms with Crippen LogP contribution in [0.25, 0.3) is 11.1 Å². The van der Waals surface area contributed by atoms with Crippen LogP contribution in [-0.2, 0) is 0 Å². The Morgan fingerprint density at radius 2 is 1.62 bits per heavy atom. The van der Waals surface area contributed by atoms with Gasteiger partial charge >= 0.3 is 0 Å². The van der Waals surface area contributed by atoms with E-state index in [1.165, 1.54) is 16.7 Å². The summed E-state index contributed by atoms with van der Waals surface area (Å²) in [5.74, 6) is 0. The van der Waals surface area contributed by atoms with Gasteiger partial charge in [0, 0.05) is 16.9 Å². The van der Waals surface area contributed by atoms with E-state index in [1.54, 1.807) is 6.07 Å². The lowest BCUT2D eigenvalue weighted by molar-refractivity contribution is 1.34. The van der Waals surface area contributed by atoms with E-state index in [0.717, 1.165) is 11.3 Å². The Morgan fingerprint density at radius 1 is 0.875 bits per heavy atom. The molecule has 0 atom stereocenters. The van der Waals surface area contributed by atoms with Crippen LogP contribution in [0.15, 0.2) is 36.4 Å². The molecule has 0 heterocycles. The van der Waals surface area contributed by atoms with Crippen molar-refractivity contribution in [3.05, 3.63) is 47.5 Å². The number of anilines is 2. The lowest BCUT2D eigenvalue weighted by atomic mass is 9.96. The number of aryl methyl sites for hydroxylation is 1. The molecule has 0 radical (unpaired) electrons. The molecule has 82 valence electrons. The van der Waals surface area contributed by atoms with Gasteiger partial charge in [-0.15, -0.1) is 0 Å². The van der Waals surface area contributed by atoms with E-state index in [1.807, 2.05) is 18.2 Å². The van der Waals surface area contributed by atoms with Gasteiger partial charge in [-0.1, -0.05) is 24.3 Å². The number of benzene rings is 2. The second-order valence-electron chi connectivity index (χ2n) is 4.09. The molecule has 16 heavy (non-hydrogen) atoms. The van der Waals surface area contributed by atoms with Crippen molar-refractivity contribution in [3.8, 4) is 11.1 Å². The molecule has 0 aliphatic carbocycles. The number of rotatable bonds is 1. The molecule has 4 N–H and O–H groups in total. The van der Waals surface area contributed by atoms with E-state index in [2.05, 4.69) is 26.0 Å². The van der Waals surface area contributed by atoms with Crippen molar-refractivity contribution in [2.45, 2.75) is 13.8 Å². The summed E-state index contributed by atoms with van der Waals surface area (Å²) < 4.78 is 0. The van der Waals surface area contributed by atoms with Gasteiger partial charge in [0.05, 0.1) is 0 Å². The van der Waals surface area contributed by atoms with Crippen LogP contribution < -0.4 is 11.5 Å². The zero-order chi connectivity index (χ0) is 11.7. The first-order valence-corrected chi connectivity index (χ1v) is 5.31. The summed E-state index contributed by atoms with van der Waals surface area (Å²) in [6, 6.07) is 11.9. The summed E-state index contributed by atoms with van der Waals surface area (Å²) in [6.45, 7) is 4.22. The molecule has 0 bridgehead atoms. The summed E-state index contributed by atoms with van der Waals surface area (Å²) in [6.07, 6.45) is 0. The standard InChI is InChI=1S/C14H16N2/c1-9-4-3-5-12(10(9)2)13-7-6-11(15)8-14(13)16/h3-8H,15-16H2,1-2H3. The van der Waals surface area contributed by atoms with Crippen molar-refractivity contribution in [2.24, 2.45) is 0 Å². The minimum absolute atomic E-state index is 0.701. The lowest BCUT2D eigenvalue weighted by Gasteiger charge is -2.11. The third kappa shape index (κ3) is 1.74. The van der Waals surface area contributed by atoms with Crippen molar-refractivity contribution in [2.75, 3.05) is 11.5 Å². The van der Waals surface area contributed by atoms with Crippen LogP contribution in [0.3, 0.4) is 0 Å². The maximum absolute atomic E-state index is 5.99. The third-order valence-corrected chi connectivity index (χ3v) is 2.97. The van der Waals surface area contributed by atoms with Crippen LogP contribution in [0, 0.1) is 13.8 Å². The SMILES string of the molecule is Cc1cccc(-c2ccc(N)cc2N)c1C. The quantitative estimate of drug-likeness (QED) is 0.713. The maximum atomic E-state index is 5.99. The van der Waals surface area contributed by atoms with Crippen LogP contribution in [0.2, 0.25) is 0 Å². The fraction of sp³-hybridized carbons (Fsp3) is 0.143. The van der Waals surface area contributed by atoms with Crippen molar-refractivity contribution < 1.29 is 0 Å². The number of nitrogens with two attached hydrogens (primary N) is 2. The average Bonchev–Trinajstić information content (AvgIpc) is 2.23. The Hall–Kier alpha value is -1.96. The molecular formula is C14H16N2. The fourth-order valence-corrected chi connectivity index (χ4v) is 1.87. The normalized spacial score (nSPS) is 10.4. The number of nitrogen functional groups attached to an aromatic ring is 2. The van der Waals surface area contributed by atoms with Crippen LogP contribution in [0.5, 0.6) is 0 Å². The van der Waals surface area contributed by atoms with E-state index in [-0.39, 0.29) is 0 Å². The van der Waals surface area contributed by atoms with E-state index in [0.29, 0.717) is 5.69 Å². The third-order valence-electron chi connectivity index (χ3n) is 2.97. The Balaban J connectivity index is 2.63. The van der Waals surface area contributed by atoms with Gasteiger partial charge < -0.3 is 11.5 Å². The van der Waals surface area contributed by atoms with Gasteiger partial charge in [-0.2, -0.15) is 0 Å². The van der Waals surface area contributed by atoms with Gasteiger partial charge in [0.1, 0.15) is 0 Å². The molecule has 2 aromatic rings. The summed E-state index contributed by atoms with van der Waals surface area (Å²) in [5, 5.41) is 0. The van der Waals surface area contributed by atoms with Crippen molar-refractivity contribution >= 4 is 11.4 Å². The first-order valence-electron chi connectivity index (χ1n) is 5.31. The highest BCUT2D eigenvalue weighted by Gasteiger charge is 2.06. The van der Waals surface area contributed by atoms with E-state index < -0.39 is 0 Å². The van der Waals surface area contributed by atoms with Crippen LogP contribution in [-0.4, -0.2) is 0 Å². The minimum atomic E-state index is 0.701. The molecule has 0 fully saturated rings. The Bertz CT molecular complexity index is 530. The highest BCUT2D eigenvalue weighted by molar-refractivity contribution is 5.81. The second kappa shape index (κ2) is 3.89. The van der Waals surface area contributed by atoms with Gasteiger partial charge in [-0.25, -0.2) is 0 Å². The lowest BCUT2D eigenvalue weighted by Crippen LogP contribution is -1.95. The summed E-state index contributed by atoms with van der Waals surface area (Å²) in [5.41, 5.74) is 17.9. The number of hydrogen-bond acceptors (Lipinski definition) is 2. The highest BCUT2D eigenvalue weighted by Crippen LogP contribution is 2.31. The molecular weight excluding hydrogens is 196 g/mol. The molecule has 0 aliphatic heterocycles. The van der Waals surface area contributed by atoms with Crippen molar-refractivity contribution in [1.29, 1.82) is 0 Å². The molecule has 2 aromatic carbocycles. The highest BCUT2D eigenvalue weighted by atomic mass is 14.6. The second-order valence-corrected chi connectivity index (χ2v) is 4.09. The van der Waals surface area contributed by atoms with E-state index in [9.17, 15) is 0 Å². The molecule has 2 nitrogen and oxygen atoms in total. The Morgan fingerprint density at radius 3 is 2.31 bits per heavy atom. The van der Waals surface area contributed by atoms with Gasteiger partial charge in [0.15, 0.2) is 0 Å².